The molecule has 0 bridgehead atoms. The molecule has 0 saturated carbocycles. The molecule has 0 radical (unpaired) electrons. The van der Waals surface area contributed by atoms with Crippen molar-refractivity contribution in [3.63, 3.8) is 0 Å². The van der Waals surface area contributed by atoms with Crippen LogP contribution in [0.3, 0.4) is 0 Å². The van der Waals surface area contributed by atoms with Crippen molar-refractivity contribution in [1.82, 2.24) is 4.90 Å². The predicted molar refractivity (Wildman–Crippen MR) is 133 cm³/mol. The van der Waals surface area contributed by atoms with E-state index in [9.17, 15) is 13.2 Å². The fraction of sp³-hybridized carbons (Fsp3) is 0.379. The first-order chi connectivity index (χ1) is 16.7. The Morgan fingerprint density at radius 2 is 1.63 bits per heavy atom. The van der Waals surface area contributed by atoms with E-state index in [1.807, 2.05) is 31.2 Å². The highest BCUT2D eigenvalue weighted by molar-refractivity contribution is 5.67. The van der Waals surface area contributed by atoms with Crippen molar-refractivity contribution < 1.29 is 22.6 Å². The van der Waals surface area contributed by atoms with Crippen molar-refractivity contribution in [2.75, 3.05) is 33.9 Å². The van der Waals surface area contributed by atoms with E-state index in [2.05, 4.69) is 24.1 Å². The number of hydrogen-bond acceptors (Lipinski definition) is 3. The molecule has 0 N–H and O–H groups in total. The molecule has 35 heavy (non-hydrogen) atoms. The minimum absolute atomic E-state index is 0.122. The van der Waals surface area contributed by atoms with Gasteiger partial charge in [-0.25, -0.2) is 0 Å². The number of halogens is 3. The van der Waals surface area contributed by atoms with E-state index >= 15 is 0 Å². The molecule has 3 nitrogen and oxygen atoms in total. The third-order valence-electron chi connectivity index (χ3n) is 7.03. The van der Waals surface area contributed by atoms with E-state index in [1.165, 1.54) is 17.7 Å². The molecular weight excluding hydrogens is 451 g/mol. The molecular formula is C29H32F3NO2. The lowest BCUT2D eigenvalue weighted by atomic mass is 9.73. The third kappa shape index (κ3) is 5.88. The monoisotopic (exact) mass is 483 g/mol. The molecule has 186 valence electrons. The zero-order chi connectivity index (χ0) is 25.1. The molecule has 3 aromatic rings. The average molecular weight is 484 g/mol. The summed E-state index contributed by atoms with van der Waals surface area (Å²) in [6, 6.07) is 19.9. The minimum Gasteiger partial charge on any atom is -0.496 e. The van der Waals surface area contributed by atoms with Crippen molar-refractivity contribution in [2.24, 2.45) is 0 Å². The number of piperidine rings is 1. The summed E-state index contributed by atoms with van der Waals surface area (Å²) in [5, 5.41) is 0. The molecule has 1 saturated heterocycles. The maximum absolute atomic E-state index is 13.7. The maximum Gasteiger partial charge on any atom is 0.416 e. The number of aryl methyl sites for hydroxylation is 1. The van der Waals surface area contributed by atoms with Crippen LogP contribution in [-0.4, -0.2) is 38.8 Å². The normalized spacial score (nSPS) is 16.3. The molecule has 6 heteroatoms. The molecule has 0 aromatic heterocycles. The Morgan fingerprint density at radius 3 is 2.26 bits per heavy atom. The zero-order valence-electron chi connectivity index (χ0n) is 20.5. The number of ether oxygens (including phenoxy) is 2. The predicted octanol–water partition coefficient (Wildman–Crippen LogP) is 6.87. The average Bonchev–Trinajstić information content (AvgIpc) is 2.85. The van der Waals surface area contributed by atoms with Gasteiger partial charge >= 0.3 is 6.18 Å². The highest BCUT2D eigenvalue weighted by Gasteiger charge is 2.36. The summed E-state index contributed by atoms with van der Waals surface area (Å²) in [6.45, 7) is 4.39. The van der Waals surface area contributed by atoms with Gasteiger partial charge in [-0.15, -0.1) is 0 Å². The van der Waals surface area contributed by atoms with E-state index in [1.54, 1.807) is 25.3 Å². The lowest BCUT2D eigenvalue weighted by Gasteiger charge is -2.41. The van der Waals surface area contributed by atoms with Crippen molar-refractivity contribution in [3.05, 3.63) is 89.0 Å². The Hall–Kier alpha value is -2.83. The van der Waals surface area contributed by atoms with Gasteiger partial charge in [0.1, 0.15) is 5.75 Å². The quantitative estimate of drug-likeness (QED) is 0.366. The lowest BCUT2D eigenvalue weighted by Crippen LogP contribution is -2.43. The van der Waals surface area contributed by atoms with Crippen LogP contribution in [0.15, 0.2) is 66.7 Å². The summed E-state index contributed by atoms with van der Waals surface area (Å²) < 4.78 is 52.6. The lowest BCUT2D eigenvalue weighted by molar-refractivity contribution is -0.137. The molecule has 0 unspecified atom stereocenters. The van der Waals surface area contributed by atoms with Gasteiger partial charge in [-0.2, -0.15) is 13.2 Å². The first-order valence-electron chi connectivity index (χ1n) is 11.9. The standard InChI is InChI=1S/C29H32F3NO2/c1-21-15-23(9-10-27(21)34-3)24-16-22(17-26(18-24)29(30,31)32)19-35-20-28(11-13-33(2)14-12-28)25-7-5-4-6-8-25/h4-10,15-18H,11-14,19-20H2,1-3H3. The van der Waals surface area contributed by atoms with Crippen LogP contribution in [0.25, 0.3) is 11.1 Å². The third-order valence-corrected chi connectivity index (χ3v) is 7.03. The van der Waals surface area contributed by atoms with Crippen LogP contribution in [0.5, 0.6) is 5.75 Å². The second-order valence-electron chi connectivity index (χ2n) is 9.54. The number of alkyl halides is 3. The van der Waals surface area contributed by atoms with Gasteiger partial charge in [-0.1, -0.05) is 36.4 Å². The SMILES string of the molecule is COc1ccc(-c2cc(COCC3(c4ccccc4)CCN(C)CC3)cc(C(F)(F)F)c2)cc1C. The summed E-state index contributed by atoms with van der Waals surface area (Å²) in [7, 11) is 3.69. The summed E-state index contributed by atoms with van der Waals surface area (Å²) in [5.74, 6) is 0.702. The first-order valence-corrected chi connectivity index (χ1v) is 11.9. The second kappa shape index (κ2) is 10.4. The van der Waals surface area contributed by atoms with Crippen LogP contribution in [0.2, 0.25) is 0 Å². The molecule has 1 aliphatic rings. The van der Waals surface area contributed by atoms with Crippen LogP contribution in [0.1, 0.15) is 35.1 Å². The molecule has 0 amide bonds. The van der Waals surface area contributed by atoms with Crippen LogP contribution in [0, 0.1) is 6.92 Å². The minimum atomic E-state index is -4.44. The zero-order valence-corrected chi connectivity index (χ0v) is 20.5. The highest BCUT2D eigenvalue weighted by Crippen LogP contribution is 2.37. The van der Waals surface area contributed by atoms with Gasteiger partial charge in [-0.3, -0.25) is 0 Å². The molecule has 1 fully saturated rings. The van der Waals surface area contributed by atoms with Gasteiger partial charge < -0.3 is 14.4 Å². The van der Waals surface area contributed by atoms with Crippen LogP contribution in [0.4, 0.5) is 13.2 Å². The fourth-order valence-corrected chi connectivity index (χ4v) is 4.88. The Kier molecular flexibility index (Phi) is 7.53. The Bertz CT molecular complexity index is 1140. The van der Waals surface area contributed by atoms with Crippen LogP contribution in [-0.2, 0) is 22.9 Å². The summed E-state index contributed by atoms with van der Waals surface area (Å²) in [6.07, 6.45) is -2.54. The van der Waals surface area contributed by atoms with Crippen molar-refractivity contribution in [2.45, 2.75) is 38.0 Å². The Balaban J connectivity index is 1.58. The number of methoxy groups -OCH3 is 1. The van der Waals surface area contributed by atoms with E-state index in [4.69, 9.17) is 9.47 Å². The first kappa shape index (κ1) is 25.3. The van der Waals surface area contributed by atoms with Crippen molar-refractivity contribution >= 4 is 0 Å². The van der Waals surface area contributed by atoms with Crippen molar-refractivity contribution in [3.8, 4) is 16.9 Å². The van der Waals surface area contributed by atoms with Gasteiger partial charge in [0.05, 0.1) is 25.9 Å². The number of rotatable bonds is 7. The topological polar surface area (TPSA) is 21.7 Å². The number of hydrogen-bond donors (Lipinski definition) is 0. The van der Waals surface area contributed by atoms with Gasteiger partial charge in [-0.05, 0) is 98.1 Å². The summed E-state index contributed by atoms with van der Waals surface area (Å²) in [5.41, 5.74) is 3.04. The van der Waals surface area contributed by atoms with E-state index < -0.39 is 11.7 Å². The second-order valence-corrected chi connectivity index (χ2v) is 9.54. The van der Waals surface area contributed by atoms with E-state index in [0.29, 0.717) is 29.0 Å². The van der Waals surface area contributed by atoms with Gasteiger partial charge in [0, 0.05) is 5.41 Å². The van der Waals surface area contributed by atoms with Gasteiger partial charge in [0.25, 0.3) is 0 Å². The van der Waals surface area contributed by atoms with Gasteiger partial charge in [0.15, 0.2) is 0 Å². The molecule has 1 aliphatic heterocycles. The number of benzene rings is 3. The molecule has 3 aromatic carbocycles. The smallest absolute Gasteiger partial charge is 0.416 e. The maximum atomic E-state index is 13.7. The number of likely N-dealkylation sites (tertiary alicyclic amines) is 1. The van der Waals surface area contributed by atoms with Crippen LogP contribution >= 0.6 is 0 Å². The fourth-order valence-electron chi connectivity index (χ4n) is 4.88. The molecule has 0 spiro atoms. The largest absolute Gasteiger partial charge is 0.496 e. The van der Waals surface area contributed by atoms with E-state index in [0.717, 1.165) is 31.5 Å². The van der Waals surface area contributed by atoms with Crippen molar-refractivity contribution in [1.29, 1.82) is 0 Å². The Labute approximate surface area is 205 Å². The summed E-state index contributed by atoms with van der Waals surface area (Å²) in [4.78, 5) is 2.30. The Morgan fingerprint density at radius 1 is 0.914 bits per heavy atom. The summed E-state index contributed by atoms with van der Waals surface area (Å²) >= 11 is 0. The van der Waals surface area contributed by atoms with Gasteiger partial charge in [0.2, 0.25) is 0 Å². The molecule has 1 heterocycles. The van der Waals surface area contributed by atoms with E-state index in [-0.39, 0.29) is 12.0 Å². The molecule has 0 aliphatic carbocycles. The molecule has 0 atom stereocenters. The van der Waals surface area contributed by atoms with Crippen LogP contribution < -0.4 is 4.74 Å². The highest BCUT2D eigenvalue weighted by atomic mass is 19.4. The number of nitrogens with zero attached hydrogens (tertiary/aromatic N) is 1. The molecule has 4 rings (SSSR count).